The maximum absolute atomic E-state index is 5.71. The van der Waals surface area contributed by atoms with E-state index in [1.165, 1.54) is 0 Å². The summed E-state index contributed by atoms with van der Waals surface area (Å²) in [7, 11) is 0. The van der Waals surface area contributed by atoms with Gasteiger partial charge in [0.15, 0.2) is 12.6 Å². The Morgan fingerprint density at radius 2 is 1.75 bits per heavy atom. The van der Waals surface area contributed by atoms with Crippen molar-refractivity contribution < 1.29 is 18.9 Å². The van der Waals surface area contributed by atoms with Gasteiger partial charge in [0.25, 0.3) is 0 Å². The minimum Gasteiger partial charge on any atom is -0.368 e. The first-order chi connectivity index (χ1) is 7.93. The molecular weight excluding hydrogens is 208 g/mol. The van der Waals surface area contributed by atoms with Crippen molar-refractivity contribution in [2.75, 3.05) is 19.8 Å². The number of hydrogen-bond donors (Lipinski definition) is 0. The molecular formula is C12H14O4. The maximum atomic E-state index is 5.71. The van der Waals surface area contributed by atoms with Crippen LogP contribution in [0.3, 0.4) is 0 Å². The fourth-order valence-electron chi connectivity index (χ4n) is 1.93. The standard InChI is InChI=1S/C12H14O4/c1-2-4-9(5-3-1)11-15-8-10-12(16-11)14-7-6-13-10/h1-5,10-12H,6-8H2. The zero-order valence-corrected chi connectivity index (χ0v) is 8.87. The summed E-state index contributed by atoms with van der Waals surface area (Å²) in [6, 6.07) is 9.86. The van der Waals surface area contributed by atoms with Crippen LogP contribution in [-0.4, -0.2) is 32.2 Å². The molecule has 0 bridgehead atoms. The summed E-state index contributed by atoms with van der Waals surface area (Å²) < 4.78 is 22.3. The molecule has 2 aliphatic rings. The van der Waals surface area contributed by atoms with Crippen molar-refractivity contribution in [2.45, 2.75) is 18.7 Å². The van der Waals surface area contributed by atoms with E-state index < -0.39 is 0 Å². The lowest BCUT2D eigenvalue weighted by Crippen LogP contribution is -2.47. The highest BCUT2D eigenvalue weighted by atomic mass is 16.8. The second-order valence-corrected chi connectivity index (χ2v) is 3.86. The van der Waals surface area contributed by atoms with E-state index in [0.717, 1.165) is 5.56 Å². The van der Waals surface area contributed by atoms with E-state index in [0.29, 0.717) is 19.8 Å². The molecule has 0 saturated carbocycles. The fourth-order valence-corrected chi connectivity index (χ4v) is 1.93. The Labute approximate surface area is 94.1 Å². The van der Waals surface area contributed by atoms with Crippen LogP contribution in [0.5, 0.6) is 0 Å². The average Bonchev–Trinajstić information content (AvgIpc) is 2.39. The second kappa shape index (κ2) is 4.51. The minimum absolute atomic E-state index is 0.0892. The monoisotopic (exact) mass is 222 g/mol. The Bertz CT molecular complexity index is 340. The van der Waals surface area contributed by atoms with Crippen molar-refractivity contribution in [3.8, 4) is 0 Å². The van der Waals surface area contributed by atoms with Crippen LogP contribution in [-0.2, 0) is 18.9 Å². The van der Waals surface area contributed by atoms with Gasteiger partial charge in [-0.05, 0) is 0 Å². The molecule has 2 aliphatic heterocycles. The fraction of sp³-hybridized carbons (Fsp3) is 0.500. The van der Waals surface area contributed by atoms with Crippen LogP contribution in [0.2, 0.25) is 0 Å². The lowest BCUT2D eigenvalue weighted by Gasteiger charge is -2.38. The molecule has 3 unspecified atom stereocenters. The number of hydrogen-bond acceptors (Lipinski definition) is 4. The maximum Gasteiger partial charge on any atom is 0.189 e. The molecule has 4 heteroatoms. The van der Waals surface area contributed by atoms with Gasteiger partial charge in [0.2, 0.25) is 0 Å². The van der Waals surface area contributed by atoms with Crippen LogP contribution >= 0.6 is 0 Å². The molecule has 4 nitrogen and oxygen atoms in total. The zero-order chi connectivity index (χ0) is 10.8. The van der Waals surface area contributed by atoms with Gasteiger partial charge in [-0.3, -0.25) is 0 Å². The first kappa shape index (κ1) is 10.2. The Morgan fingerprint density at radius 3 is 2.62 bits per heavy atom. The summed E-state index contributed by atoms with van der Waals surface area (Å²) >= 11 is 0. The van der Waals surface area contributed by atoms with E-state index in [9.17, 15) is 0 Å². The Hall–Kier alpha value is -0.940. The molecule has 0 N–H and O–H groups in total. The molecule has 2 saturated heterocycles. The highest BCUT2D eigenvalue weighted by Crippen LogP contribution is 2.29. The van der Waals surface area contributed by atoms with Gasteiger partial charge < -0.3 is 18.9 Å². The van der Waals surface area contributed by atoms with E-state index in [-0.39, 0.29) is 18.7 Å². The van der Waals surface area contributed by atoms with Gasteiger partial charge in [0.1, 0.15) is 6.10 Å². The van der Waals surface area contributed by atoms with Crippen LogP contribution in [0.4, 0.5) is 0 Å². The predicted molar refractivity (Wildman–Crippen MR) is 55.7 cm³/mol. The lowest BCUT2D eigenvalue weighted by molar-refractivity contribution is -0.354. The summed E-state index contributed by atoms with van der Waals surface area (Å²) in [5, 5.41) is 0. The molecule has 16 heavy (non-hydrogen) atoms. The van der Waals surface area contributed by atoms with E-state index >= 15 is 0 Å². The summed E-state index contributed by atoms with van der Waals surface area (Å²) in [5.41, 5.74) is 1.01. The first-order valence-electron chi connectivity index (χ1n) is 5.49. The highest BCUT2D eigenvalue weighted by molar-refractivity contribution is 5.16. The van der Waals surface area contributed by atoms with Gasteiger partial charge in [-0.1, -0.05) is 30.3 Å². The largest absolute Gasteiger partial charge is 0.368 e. The van der Waals surface area contributed by atoms with Crippen LogP contribution in [0, 0.1) is 0 Å². The van der Waals surface area contributed by atoms with E-state index in [1.807, 2.05) is 30.3 Å². The molecule has 86 valence electrons. The van der Waals surface area contributed by atoms with Crippen LogP contribution in [0.25, 0.3) is 0 Å². The number of benzene rings is 1. The lowest BCUT2D eigenvalue weighted by atomic mass is 10.2. The minimum atomic E-state index is -0.343. The topological polar surface area (TPSA) is 36.9 Å². The predicted octanol–water partition coefficient (Wildman–Crippen LogP) is 1.47. The molecule has 1 aromatic rings. The molecule has 0 aromatic heterocycles. The molecule has 3 rings (SSSR count). The van der Waals surface area contributed by atoms with Crippen molar-refractivity contribution in [3.05, 3.63) is 35.9 Å². The van der Waals surface area contributed by atoms with Gasteiger partial charge in [-0.2, -0.15) is 0 Å². The van der Waals surface area contributed by atoms with Gasteiger partial charge in [0.05, 0.1) is 19.8 Å². The van der Waals surface area contributed by atoms with E-state index in [4.69, 9.17) is 18.9 Å². The molecule has 0 amide bonds. The Morgan fingerprint density at radius 1 is 0.938 bits per heavy atom. The summed E-state index contributed by atoms with van der Waals surface area (Å²) in [6.45, 7) is 1.72. The third-order valence-electron chi connectivity index (χ3n) is 2.74. The van der Waals surface area contributed by atoms with Crippen LogP contribution < -0.4 is 0 Å². The van der Waals surface area contributed by atoms with Crippen LogP contribution in [0.15, 0.2) is 30.3 Å². The number of rotatable bonds is 1. The van der Waals surface area contributed by atoms with E-state index in [2.05, 4.69) is 0 Å². The van der Waals surface area contributed by atoms with Crippen molar-refractivity contribution in [3.63, 3.8) is 0 Å². The third-order valence-corrected chi connectivity index (χ3v) is 2.74. The van der Waals surface area contributed by atoms with Crippen molar-refractivity contribution in [2.24, 2.45) is 0 Å². The van der Waals surface area contributed by atoms with Crippen LogP contribution in [0.1, 0.15) is 11.9 Å². The third kappa shape index (κ3) is 1.97. The van der Waals surface area contributed by atoms with Gasteiger partial charge in [0, 0.05) is 5.56 Å². The van der Waals surface area contributed by atoms with Crippen molar-refractivity contribution >= 4 is 0 Å². The quantitative estimate of drug-likeness (QED) is 0.721. The molecule has 2 heterocycles. The molecule has 3 atom stereocenters. The van der Waals surface area contributed by atoms with E-state index in [1.54, 1.807) is 0 Å². The van der Waals surface area contributed by atoms with Gasteiger partial charge in [-0.15, -0.1) is 0 Å². The van der Waals surface area contributed by atoms with Gasteiger partial charge in [-0.25, -0.2) is 0 Å². The zero-order valence-electron chi connectivity index (χ0n) is 8.87. The Balaban J connectivity index is 1.71. The molecule has 1 aromatic carbocycles. The van der Waals surface area contributed by atoms with Crippen molar-refractivity contribution in [1.82, 2.24) is 0 Å². The number of ether oxygens (including phenoxy) is 4. The molecule has 0 aliphatic carbocycles. The average molecular weight is 222 g/mol. The molecule has 2 fully saturated rings. The van der Waals surface area contributed by atoms with Gasteiger partial charge >= 0.3 is 0 Å². The molecule has 0 spiro atoms. The number of fused-ring (bicyclic) bond motifs is 1. The SMILES string of the molecule is c1ccc(C2OCC3OCCOC3O2)cc1. The summed E-state index contributed by atoms with van der Waals surface area (Å²) in [5.74, 6) is 0. The highest BCUT2D eigenvalue weighted by Gasteiger charge is 2.36. The summed E-state index contributed by atoms with van der Waals surface area (Å²) in [6.07, 6.45) is -0.731. The normalized spacial score (nSPS) is 34.4. The second-order valence-electron chi connectivity index (χ2n) is 3.86. The Kier molecular flexibility index (Phi) is 2.88. The smallest absolute Gasteiger partial charge is 0.189 e. The first-order valence-corrected chi connectivity index (χ1v) is 5.49. The molecule has 0 radical (unpaired) electrons. The van der Waals surface area contributed by atoms with Crippen molar-refractivity contribution in [1.29, 1.82) is 0 Å². The summed E-state index contributed by atoms with van der Waals surface area (Å²) in [4.78, 5) is 0.